The van der Waals surface area contributed by atoms with Gasteiger partial charge in [-0.25, -0.2) is 9.59 Å². The molecule has 8 heteroatoms. The fraction of sp³-hybridized carbons (Fsp3) is 0.714. The quantitative estimate of drug-likeness (QED) is 0.536. The van der Waals surface area contributed by atoms with Crippen LogP contribution in [0.1, 0.15) is 0 Å². The molecular weight excluding hydrogens is 225 g/mol. The van der Waals surface area contributed by atoms with E-state index in [1.165, 1.54) is 0 Å². The lowest BCUT2D eigenvalue weighted by molar-refractivity contribution is -0.870. The van der Waals surface area contributed by atoms with E-state index >= 15 is 0 Å². The second-order valence-electron chi connectivity index (χ2n) is 3.96. The summed E-state index contributed by atoms with van der Waals surface area (Å²) in [4.78, 5) is 20.9. The van der Waals surface area contributed by atoms with Crippen molar-refractivity contribution >= 4 is 18.8 Å². The minimum atomic E-state index is -4.63. The van der Waals surface area contributed by atoms with Crippen LogP contribution in [-0.2, 0) is 9.09 Å². The Kier molecular flexibility index (Phi) is 4.45. The largest absolute Gasteiger partial charge is 0.474 e. The third-order valence-corrected chi connectivity index (χ3v) is 3.09. The molecule has 0 fully saturated rings. The molecule has 0 spiro atoms. The topological polar surface area (TPSA) is 101 Å². The molecule has 0 saturated heterocycles. The van der Waals surface area contributed by atoms with Gasteiger partial charge in [0.2, 0.25) is 0 Å². The van der Waals surface area contributed by atoms with E-state index in [9.17, 15) is 14.2 Å². The first-order valence-electron chi connectivity index (χ1n) is 4.11. The minimum Gasteiger partial charge on any atom is -0.474 e. The van der Waals surface area contributed by atoms with Gasteiger partial charge < -0.3 is 19.2 Å². The second kappa shape index (κ2) is 4.74. The van der Waals surface area contributed by atoms with Crippen molar-refractivity contribution in [1.29, 1.82) is 0 Å². The van der Waals surface area contributed by atoms with E-state index in [0.717, 1.165) is 0 Å². The molecule has 7 nitrogen and oxygen atoms in total. The molecular formula is C7H15NO6P+. The molecule has 0 saturated carbocycles. The molecule has 0 aliphatic rings. The highest BCUT2D eigenvalue weighted by Crippen LogP contribution is 2.48. The van der Waals surface area contributed by atoms with E-state index in [1.54, 1.807) is 0 Å². The van der Waals surface area contributed by atoms with Crippen molar-refractivity contribution in [2.45, 2.75) is 0 Å². The molecule has 0 unspecified atom stereocenters. The number of carboxylic acid groups (broad SMARTS) is 2. The smallest absolute Gasteiger partial charge is 0.413 e. The van der Waals surface area contributed by atoms with Crippen molar-refractivity contribution in [3.8, 4) is 0 Å². The Morgan fingerprint density at radius 3 is 1.87 bits per heavy atom. The molecule has 0 atom stereocenters. The van der Waals surface area contributed by atoms with E-state index in [1.807, 2.05) is 21.1 Å². The summed E-state index contributed by atoms with van der Waals surface area (Å²) in [6.45, 7) is 0.184. The summed E-state index contributed by atoms with van der Waals surface area (Å²) in [7, 11) is 0.820. The number of nitrogens with zero attached hydrogens (tertiary/aromatic N) is 1. The molecule has 0 aromatic heterocycles. The van der Waals surface area contributed by atoms with Gasteiger partial charge in [-0.1, -0.05) is 0 Å². The van der Waals surface area contributed by atoms with Crippen LogP contribution in [0.15, 0.2) is 0 Å². The van der Waals surface area contributed by atoms with Crippen LogP contribution in [-0.4, -0.2) is 60.4 Å². The molecule has 15 heavy (non-hydrogen) atoms. The maximum absolute atomic E-state index is 11.3. The molecule has 0 rings (SSSR count). The Hall–Kier alpha value is -0.910. The second-order valence-corrected chi connectivity index (χ2v) is 6.09. The van der Waals surface area contributed by atoms with Crippen molar-refractivity contribution in [3.63, 3.8) is 0 Å². The van der Waals surface area contributed by atoms with Crippen molar-refractivity contribution in [3.05, 3.63) is 0 Å². The van der Waals surface area contributed by atoms with Gasteiger partial charge >= 0.3 is 18.8 Å². The van der Waals surface area contributed by atoms with Crippen LogP contribution in [0.25, 0.3) is 0 Å². The average molecular weight is 240 g/mol. The molecule has 0 aliphatic carbocycles. The van der Waals surface area contributed by atoms with Gasteiger partial charge in [0.1, 0.15) is 13.2 Å². The lowest BCUT2D eigenvalue weighted by Gasteiger charge is -2.23. The summed E-state index contributed by atoms with van der Waals surface area (Å²) in [6.07, 6.45) is 0. The van der Waals surface area contributed by atoms with Crippen LogP contribution in [0.2, 0.25) is 0 Å². The molecule has 0 aliphatic heterocycles. The lowest BCUT2D eigenvalue weighted by atomic mass is 10.5. The van der Waals surface area contributed by atoms with Crippen molar-refractivity contribution in [1.82, 2.24) is 0 Å². The number of rotatable bonds is 6. The van der Waals surface area contributed by atoms with E-state index in [0.29, 0.717) is 11.0 Å². The maximum Gasteiger partial charge on any atom is 0.413 e. The predicted molar refractivity (Wildman–Crippen MR) is 52.5 cm³/mol. The standard InChI is InChI=1S/C7H14NO6P/c1-8(2,3)4-5-14-15(13,6(9)10)7(11)12/h4-5H2,1-3H3,(H-,9,10,11,12)/p+1. The van der Waals surface area contributed by atoms with Crippen LogP contribution in [0.4, 0.5) is 9.59 Å². The number of hydrogen-bond acceptors (Lipinski definition) is 4. The zero-order valence-corrected chi connectivity index (χ0v) is 9.73. The first kappa shape index (κ1) is 14.1. The Balaban J connectivity index is 4.42. The minimum absolute atomic E-state index is 0.181. The third-order valence-electron chi connectivity index (χ3n) is 1.54. The van der Waals surface area contributed by atoms with Crippen molar-refractivity contribution in [2.24, 2.45) is 0 Å². The number of likely N-dealkylation sites (N-methyl/N-ethyl adjacent to an activating group) is 1. The fourth-order valence-corrected chi connectivity index (χ4v) is 1.36. The first-order chi connectivity index (χ1) is 6.59. The zero-order valence-electron chi connectivity index (χ0n) is 8.84. The normalized spacial score (nSPS) is 12.5. The summed E-state index contributed by atoms with van der Waals surface area (Å²) in [5.41, 5.74) is -3.87. The van der Waals surface area contributed by atoms with Gasteiger partial charge in [-0.15, -0.1) is 0 Å². The summed E-state index contributed by atoms with van der Waals surface area (Å²) < 4.78 is 16.2. The van der Waals surface area contributed by atoms with Crippen LogP contribution in [0.5, 0.6) is 0 Å². The molecule has 0 heterocycles. The third kappa shape index (κ3) is 4.42. The summed E-state index contributed by atoms with van der Waals surface area (Å²) >= 11 is 0. The van der Waals surface area contributed by atoms with Crippen LogP contribution < -0.4 is 0 Å². The van der Waals surface area contributed by atoms with Gasteiger partial charge in [0, 0.05) is 0 Å². The molecule has 88 valence electrons. The van der Waals surface area contributed by atoms with E-state index in [4.69, 9.17) is 10.2 Å². The van der Waals surface area contributed by atoms with Crippen LogP contribution >= 0.6 is 7.37 Å². The highest BCUT2D eigenvalue weighted by molar-refractivity contribution is 7.89. The van der Waals surface area contributed by atoms with E-state index < -0.39 is 18.8 Å². The van der Waals surface area contributed by atoms with Crippen molar-refractivity contribution < 1.29 is 33.4 Å². The van der Waals surface area contributed by atoms with Crippen molar-refractivity contribution in [2.75, 3.05) is 34.3 Å². The monoisotopic (exact) mass is 240 g/mol. The van der Waals surface area contributed by atoms with Gasteiger partial charge in [-0.05, 0) is 0 Å². The van der Waals surface area contributed by atoms with Gasteiger partial charge in [0.25, 0.3) is 0 Å². The molecule has 0 aromatic carbocycles. The van der Waals surface area contributed by atoms with Gasteiger partial charge in [0.05, 0.1) is 21.1 Å². The lowest BCUT2D eigenvalue weighted by Crippen LogP contribution is -2.37. The van der Waals surface area contributed by atoms with Crippen LogP contribution in [0.3, 0.4) is 0 Å². The molecule has 0 bridgehead atoms. The SMILES string of the molecule is C[N+](C)(C)CCOP(=O)(C(=O)O)C(=O)O. The van der Waals surface area contributed by atoms with E-state index in [-0.39, 0.29) is 6.61 Å². The number of hydrogen-bond donors (Lipinski definition) is 2. The maximum atomic E-state index is 11.3. The predicted octanol–water partition coefficient (Wildman–Crippen LogP) is 1.34. The average Bonchev–Trinajstić information content (AvgIpc) is 2.00. The number of quaternary nitrogens is 1. The first-order valence-corrected chi connectivity index (χ1v) is 5.74. The van der Waals surface area contributed by atoms with Gasteiger partial charge in [-0.2, -0.15) is 0 Å². The molecule has 0 radical (unpaired) electrons. The Bertz CT molecular complexity index is 289. The Morgan fingerprint density at radius 2 is 1.60 bits per heavy atom. The van der Waals surface area contributed by atoms with Gasteiger partial charge in [-0.3, -0.25) is 4.57 Å². The Labute approximate surface area is 87.3 Å². The van der Waals surface area contributed by atoms with E-state index in [2.05, 4.69) is 4.52 Å². The molecule has 2 N–H and O–H groups in total. The molecule has 0 aromatic rings. The summed E-state index contributed by atoms with van der Waals surface area (Å²) in [5.74, 6) is 0. The van der Waals surface area contributed by atoms with Gasteiger partial charge in [0.15, 0.2) is 0 Å². The zero-order chi connectivity index (χ0) is 12.3. The Morgan fingerprint density at radius 1 is 1.20 bits per heavy atom. The fourth-order valence-electron chi connectivity index (χ4n) is 0.636. The highest BCUT2D eigenvalue weighted by atomic mass is 31.2. The summed E-state index contributed by atoms with van der Waals surface area (Å²) in [6, 6.07) is 0. The molecule has 0 amide bonds. The number of carbonyl (C=O) groups is 2. The van der Waals surface area contributed by atoms with Crippen LogP contribution in [0, 0.1) is 0 Å². The summed E-state index contributed by atoms with van der Waals surface area (Å²) in [5, 5.41) is 16.9. The highest BCUT2D eigenvalue weighted by Gasteiger charge is 2.42.